The molecule has 4 heteroatoms. The zero-order valence-corrected chi connectivity index (χ0v) is 12.0. The van der Waals surface area contributed by atoms with Crippen molar-refractivity contribution in [2.75, 3.05) is 6.61 Å². The lowest BCUT2D eigenvalue weighted by atomic mass is 10.0. The first-order valence-electron chi connectivity index (χ1n) is 6.15. The fourth-order valence-electron chi connectivity index (χ4n) is 1.94. The van der Waals surface area contributed by atoms with Crippen LogP contribution in [0.3, 0.4) is 0 Å². The Morgan fingerprint density at radius 1 is 1.20 bits per heavy atom. The zero-order valence-electron chi connectivity index (χ0n) is 11.2. The standard InChI is InChI=1S/C16H14ClFO2/c1-10-3-5-13(11(2)7-10)15(19)9-20-16-6-4-12(18)8-14(16)17/h3-8H,9H2,1-2H3. The van der Waals surface area contributed by atoms with Gasteiger partial charge in [-0.05, 0) is 37.6 Å². The summed E-state index contributed by atoms with van der Waals surface area (Å²) < 4.78 is 18.2. The van der Waals surface area contributed by atoms with Crippen LogP contribution in [-0.2, 0) is 0 Å². The van der Waals surface area contributed by atoms with Gasteiger partial charge in [0.25, 0.3) is 0 Å². The number of aryl methyl sites for hydroxylation is 2. The Kier molecular flexibility index (Phi) is 4.40. The molecule has 2 aromatic carbocycles. The van der Waals surface area contributed by atoms with Crippen LogP contribution in [0.15, 0.2) is 36.4 Å². The van der Waals surface area contributed by atoms with Crippen LogP contribution in [0.1, 0.15) is 21.5 Å². The summed E-state index contributed by atoms with van der Waals surface area (Å²) >= 11 is 5.83. The minimum atomic E-state index is -0.442. The summed E-state index contributed by atoms with van der Waals surface area (Å²) in [5.41, 5.74) is 2.62. The molecule has 0 aliphatic carbocycles. The van der Waals surface area contributed by atoms with E-state index in [-0.39, 0.29) is 17.4 Å². The largest absolute Gasteiger partial charge is 0.484 e. The number of rotatable bonds is 4. The second-order valence-corrected chi connectivity index (χ2v) is 5.01. The first kappa shape index (κ1) is 14.5. The summed E-state index contributed by atoms with van der Waals surface area (Å²) in [4.78, 5) is 12.1. The number of ether oxygens (including phenoxy) is 1. The predicted octanol–water partition coefficient (Wildman–Crippen LogP) is 4.36. The van der Waals surface area contributed by atoms with Crippen molar-refractivity contribution in [3.63, 3.8) is 0 Å². The lowest BCUT2D eigenvalue weighted by molar-refractivity contribution is 0.0921. The van der Waals surface area contributed by atoms with Crippen LogP contribution in [0.5, 0.6) is 5.75 Å². The van der Waals surface area contributed by atoms with Gasteiger partial charge >= 0.3 is 0 Å². The lowest BCUT2D eigenvalue weighted by Crippen LogP contribution is -2.13. The summed E-state index contributed by atoms with van der Waals surface area (Å²) in [6, 6.07) is 9.40. The topological polar surface area (TPSA) is 26.3 Å². The smallest absolute Gasteiger partial charge is 0.200 e. The minimum Gasteiger partial charge on any atom is -0.484 e. The Morgan fingerprint density at radius 3 is 2.60 bits per heavy atom. The van der Waals surface area contributed by atoms with E-state index in [0.29, 0.717) is 11.3 Å². The Labute approximate surface area is 122 Å². The van der Waals surface area contributed by atoms with E-state index in [2.05, 4.69) is 0 Å². The molecule has 2 nitrogen and oxygen atoms in total. The van der Waals surface area contributed by atoms with E-state index in [1.54, 1.807) is 6.07 Å². The quantitative estimate of drug-likeness (QED) is 0.783. The highest BCUT2D eigenvalue weighted by molar-refractivity contribution is 6.32. The van der Waals surface area contributed by atoms with E-state index in [4.69, 9.17) is 16.3 Å². The molecule has 0 bridgehead atoms. The highest BCUT2D eigenvalue weighted by Crippen LogP contribution is 2.25. The number of hydrogen-bond acceptors (Lipinski definition) is 2. The van der Waals surface area contributed by atoms with Crippen LogP contribution < -0.4 is 4.74 Å². The average Bonchev–Trinajstić information content (AvgIpc) is 2.37. The third kappa shape index (κ3) is 3.36. The second-order valence-electron chi connectivity index (χ2n) is 4.60. The van der Waals surface area contributed by atoms with Gasteiger partial charge < -0.3 is 4.74 Å². The molecule has 0 N–H and O–H groups in total. The van der Waals surface area contributed by atoms with Crippen LogP contribution in [-0.4, -0.2) is 12.4 Å². The molecular formula is C16H14ClFO2. The molecule has 104 valence electrons. The number of benzene rings is 2. The van der Waals surface area contributed by atoms with Crippen molar-refractivity contribution in [2.24, 2.45) is 0 Å². The molecule has 0 radical (unpaired) electrons. The van der Waals surface area contributed by atoms with Gasteiger partial charge in [0, 0.05) is 5.56 Å². The number of halogens is 2. The van der Waals surface area contributed by atoms with Crippen molar-refractivity contribution in [1.29, 1.82) is 0 Å². The highest BCUT2D eigenvalue weighted by Gasteiger charge is 2.11. The molecule has 0 unspecified atom stereocenters. The SMILES string of the molecule is Cc1ccc(C(=O)COc2ccc(F)cc2Cl)c(C)c1. The Morgan fingerprint density at radius 2 is 1.95 bits per heavy atom. The predicted molar refractivity (Wildman–Crippen MR) is 77.2 cm³/mol. The third-order valence-electron chi connectivity index (χ3n) is 2.94. The maximum absolute atomic E-state index is 12.9. The summed E-state index contributed by atoms with van der Waals surface area (Å²) in [6.07, 6.45) is 0. The summed E-state index contributed by atoms with van der Waals surface area (Å²) in [6.45, 7) is 3.72. The van der Waals surface area contributed by atoms with E-state index >= 15 is 0 Å². The molecule has 0 aliphatic rings. The van der Waals surface area contributed by atoms with Gasteiger partial charge in [-0.3, -0.25) is 4.79 Å². The molecule has 0 aromatic heterocycles. The van der Waals surface area contributed by atoms with E-state index in [0.717, 1.165) is 17.2 Å². The van der Waals surface area contributed by atoms with Crippen molar-refractivity contribution in [2.45, 2.75) is 13.8 Å². The van der Waals surface area contributed by atoms with Crippen LogP contribution in [0.25, 0.3) is 0 Å². The monoisotopic (exact) mass is 292 g/mol. The molecule has 20 heavy (non-hydrogen) atoms. The van der Waals surface area contributed by atoms with Gasteiger partial charge in [-0.15, -0.1) is 0 Å². The van der Waals surface area contributed by atoms with Crippen LogP contribution in [0.4, 0.5) is 4.39 Å². The van der Waals surface area contributed by atoms with Crippen molar-refractivity contribution in [3.8, 4) is 5.75 Å². The first-order valence-corrected chi connectivity index (χ1v) is 6.53. The molecule has 0 spiro atoms. The number of ketones is 1. The van der Waals surface area contributed by atoms with Gasteiger partial charge in [0.1, 0.15) is 11.6 Å². The Bertz CT molecular complexity index is 653. The molecule has 0 fully saturated rings. The molecule has 0 amide bonds. The first-order chi connectivity index (χ1) is 9.47. The lowest BCUT2D eigenvalue weighted by Gasteiger charge is -2.09. The second kappa shape index (κ2) is 6.06. The van der Waals surface area contributed by atoms with Crippen molar-refractivity contribution in [3.05, 3.63) is 63.9 Å². The maximum Gasteiger partial charge on any atom is 0.200 e. The van der Waals surface area contributed by atoms with Crippen molar-refractivity contribution < 1.29 is 13.9 Å². The van der Waals surface area contributed by atoms with Crippen LogP contribution in [0, 0.1) is 19.7 Å². The number of carbonyl (C=O) groups is 1. The van der Waals surface area contributed by atoms with Crippen molar-refractivity contribution in [1.82, 2.24) is 0 Å². The maximum atomic E-state index is 12.9. The van der Waals surface area contributed by atoms with Gasteiger partial charge in [0.2, 0.25) is 0 Å². The number of carbonyl (C=O) groups excluding carboxylic acids is 1. The number of Topliss-reactive ketones (excluding diaryl/α,β-unsaturated/α-hetero) is 1. The molecule has 0 saturated carbocycles. The van der Waals surface area contributed by atoms with E-state index < -0.39 is 5.82 Å². The fourth-order valence-corrected chi connectivity index (χ4v) is 2.16. The van der Waals surface area contributed by atoms with E-state index in [9.17, 15) is 9.18 Å². The van der Waals surface area contributed by atoms with Gasteiger partial charge in [0.05, 0.1) is 5.02 Å². The van der Waals surface area contributed by atoms with Gasteiger partial charge in [-0.1, -0.05) is 35.4 Å². The fraction of sp³-hybridized carbons (Fsp3) is 0.188. The summed E-state index contributed by atoms with van der Waals surface area (Å²) in [5, 5.41) is 0.151. The van der Waals surface area contributed by atoms with Crippen LogP contribution in [0.2, 0.25) is 5.02 Å². The van der Waals surface area contributed by atoms with Crippen molar-refractivity contribution >= 4 is 17.4 Å². The van der Waals surface area contributed by atoms with E-state index in [1.807, 2.05) is 26.0 Å². The zero-order chi connectivity index (χ0) is 14.7. The van der Waals surface area contributed by atoms with Gasteiger partial charge in [-0.25, -0.2) is 4.39 Å². The summed E-state index contributed by atoms with van der Waals surface area (Å²) in [5.74, 6) is -0.280. The highest BCUT2D eigenvalue weighted by atomic mass is 35.5. The van der Waals surface area contributed by atoms with Gasteiger partial charge in [0.15, 0.2) is 12.4 Å². The molecule has 0 heterocycles. The normalized spacial score (nSPS) is 10.4. The van der Waals surface area contributed by atoms with E-state index in [1.165, 1.54) is 12.1 Å². The molecule has 0 atom stereocenters. The third-order valence-corrected chi connectivity index (χ3v) is 3.23. The molecular weight excluding hydrogens is 279 g/mol. The Balaban J connectivity index is 2.08. The number of hydrogen-bond donors (Lipinski definition) is 0. The van der Waals surface area contributed by atoms with Gasteiger partial charge in [-0.2, -0.15) is 0 Å². The Hall–Kier alpha value is -1.87. The molecule has 0 aliphatic heterocycles. The molecule has 2 rings (SSSR count). The minimum absolute atomic E-state index is 0.130. The molecule has 2 aromatic rings. The average molecular weight is 293 g/mol. The summed E-state index contributed by atoms with van der Waals surface area (Å²) in [7, 11) is 0. The molecule has 0 saturated heterocycles. The van der Waals surface area contributed by atoms with Crippen LogP contribution >= 0.6 is 11.6 Å².